The number of carbonyl (C=O) groups is 2. The van der Waals surface area contributed by atoms with Crippen LogP contribution in [0.25, 0.3) is 10.9 Å². The Hall–Kier alpha value is -2.30. The normalized spacial score (nSPS) is 12.5. The maximum atomic E-state index is 12.2. The third-order valence-corrected chi connectivity index (χ3v) is 3.70. The van der Waals surface area contributed by atoms with Crippen molar-refractivity contribution in [2.45, 2.75) is 39.7 Å². The lowest BCUT2D eigenvalue weighted by molar-refractivity contribution is -0.142. The maximum absolute atomic E-state index is 12.2. The predicted octanol–water partition coefficient (Wildman–Crippen LogP) is 2.63. The van der Waals surface area contributed by atoms with Gasteiger partial charge in [0.05, 0.1) is 6.42 Å². The SMILES string of the molecule is Cc1[nH]c2ccccc2c1CC(=O)N[C@H](CC(C)C)C(=O)O. The fraction of sp³-hybridized carbons (Fsp3) is 0.412. The Balaban J connectivity index is 2.13. The van der Waals surface area contributed by atoms with E-state index in [0.29, 0.717) is 6.42 Å². The van der Waals surface area contributed by atoms with Crippen LogP contribution >= 0.6 is 0 Å². The van der Waals surface area contributed by atoms with Gasteiger partial charge in [0.25, 0.3) is 0 Å². The first-order valence-corrected chi connectivity index (χ1v) is 7.46. The highest BCUT2D eigenvalue weighted by molar-refractivity contribution is 5.91. The van der Waals surface area contributed by atoms with Crippen molar-refractivity contribution in [3.63, 3.8) is 0 Å². The van der Waals surface area contributed by atoms with Crippen molar-refractivity contribution in [1.82, 2.24) is 10.3 Å². The minimum absolute atomic E-state index is 0.178. The summed E-state index contributed by atoms with van der Waals surface area (Å²) < 4.78 is 0. The van der Waals surface area contributed by atoms with Crippen molar-refractivity contribution in [3.8, 4) is 0 Å². The summed E-state index contributed by atoms with van der Waals surface area (Å²) in [6, 6.07) is 6.95. The van der Waals surface area contributed by atoms with E-state index in [-0.39, 0.29) is 18.2 Å². The van der Waals surface area contributed by atoms with Crippen molar-refractivity contribution >= 4 is 22.8 Å². The number of H-pyrrole nitrogens is 1. The molecular formula is C17H22N2O3. The molecule has 0 saturated heterocycles. The summed E-state index contributed by atoms with van der Waals surface area (Å²) in [5, 5.41) is 12.8. The van der Waals surface area contributed by atoms with Gasteiger partial charge in [0.2, 0.25) is 5.91 Å². The Morgan fingerprint density at radius 1 is 1.27 bits per heavy atom. The molecule has 0 saturated carbocycles. The number of carboxylic acid groups (broad SMARTS) is 1. The van der Waals surface area contributed by atoms with Crippen molar-refractivity contribution < 1.29 is 14.7 Å². The Morgan fingerprint density at radius 2 is 1.95 bits per heavy atom. The number of hydrogen-bond acceptors (Lipinski definition) is 2. The minimum Gasteiger partial charge on any atom is -0.480 e. The molecule has 0 radical (unpaired) electrons. The number of hydrogen-bond donors (Lipinski definition) is 3. The van der Waals surface area contributed by atoms with Crippen LogP contribution in [0.1, 0.15) is 31.5 Å². The molecule has 1 aromatic heterocycles. The molecule has 0 aliphatic carbocycles. The zero-order valence-corrected chi connectivity index (χ0v) is 13.1. The van der Waals surface area contributed by atoms with Crippen LogP contribution in [-0.2, 0) is 16.0 Å². The van der Waals surface area contributed by atoms with Crippen LogP contribution in [-0.4, -0.2) is 28.0 Å². The molecule has 0 fully saturated rings. The summed E-state index contributed by atoms with van der Waals surface area (Å²) in [5.74, 6) is -1.05. The van der Waals surface area contributed by atoms with Gasteiger partial charge < -0.3 is 15.4 Å². The van der Waals surface area contributed by atoms with E-state index in [1.54, 1.807) is 0 Å². The van der Waals surface area contributed by atoms with Crippen molar-refractivity contribution in [1.29, 1.82) is 0 Å². The smallest absolute Gasteiger partial charge is 0.326 e. The van der Waals surface area contributed by atoms with E-state index in [9.17, 15) is 14.7 Å². The number of carbonyl (C=O) groups excluding carboxylic acids is 1. The number of aliphatic carboxylic acids is 1. The molecule has 1 amide bonds. The van der Waals surface area contributed by atoms with Gasteiger partial charge in [0, 0.05) is 16.6 Å². The Kier molecular flexibility index (Phi) is 4.85. The van der Waals surface area contributed by atoms with Crippen molar-refractivity contribution in [2.75, 3.05) is 0 Å². The van der Waals surface area contributed by atoms with Crippen LogP contribution in [0, 0.1) is 12.8 Å². The molecule has 0 aliphatic rings. The summed E-state index contributed by atoms with van der Waals surface area (Å²) in [6.07, 6.45) is 0.603. The van der Waals surface area contributed by atoms with Crippen LogP contribution in [0.15, 0.2) is 24.3 Å². The third-order valence-electron chi connectivity index (χ3n) is 3.70. The number of rotatable bonds is 6. The van der Waals surface area contributed by atoms with Gasteiger partial charge in [-0.1, -0.05) is 32.0 Å². The Bertz CT molecular complexity index is 688. The van der Waals surface area contributed by atoms with Crippen molar-refractivity contribution in [2.24, 2.45) is 5.92 Å². The van der Waals surface area contributed by atoms with Gasteiger partial charge in [-0.15, -0.1) is 0 Å². The summed E-state index contributed by atoms with van der Waals surface area (Å²) in [4.78, 5) is 26.7. The monoisotopic (exact) mass is 302 g/mol. The van der Waals surface area contributed by atoms with Crippen LogP contribution < -0.4 is 5.32 Å². The lowest BCUT2D eigenvalue weighted by Gasteiger charge is -2.16. The molecule has 118 valence electrons. The fourth-order valence-corrected chi connectivity index (χ4v) is 2.66. The molecule has 3 N–H and O–H groups in total. The summed E-state index contributed by atoms with van der Waals surface area (Å²) in [5.41, 5.74) is 2.84. The second kappa shape index (κ2) is 6.64. The van der Waals surface area contributed by atoms with Crippen LogP contribution in [0.5, 0.6) is 0 Å². The second-order valence-corrected chi connectivity index (χ2v) is 6.04. The van der Waals surface area contributed by atoms with Gasteiger partial charge in [-0.3, -0.25) is 4.79 Å². The summed E-state index contributed by atoms with van der Waals surface area (Å²) >= 11 is 0. The number of amides is 1. The van der Waals surface area contributed by atoms with Gasteiger partial charge in [-0.2, -0.15) is 0 Å². The summed E-state index contributed by atoms with van der Waals surface area (Å²) in [7, 11) is 0. The van der Waals surface area contributed by atoms with Crippen LogP contribution in [0.3, 0.4) is 0 Å². The first-order valence-electron chi connectivity index (χ1n) is 7.46. The molecule has 0 spiro atoms. The van der Waals surface area contributed by atoms with E-state index in [1.807, 2.05) is 45.0 Å². The number of carboxylic acids is 1. The Morgan fingerprint density at radius 3 is 2.59 bits per heavy atom. The maximum Gasteiger partial charge on any atom is 0.326 e. The summed E-state index contributed by atoms with van der Waals surface area (Å²) in [6.45, 7) is 5.79. The van der Waals surface area contributed by atoms with Crippen LogP contribution in [0.2, 0.25) is 0 Å². The molecule has 2 rings (SSSR count). The van der Waals surface area contributed by atoms with Gasteiger partial charge >= 0.3 is 5.97 Å². The molecule has 2 aromatic rings. The second-order valence-electron chi connectivity index (χ2n) is 6.04. The van der Waals surface area contributed by atoms with Gasteiger partial charge in [0.15, 0.2) is 0 Å². The third kappa shape index (κ3) is 3.67. The molecular weight excluding hydrogens is 280 g/mol. The molecule has 0 aliphatic heterocycles. The quantitative estimate of drug-likeness (QED) is 0.767. The molecule has 1 heterocycles. The van der Waals surface area contributed by atoms with Crippen molar-refractivity contribution in [3.05, 3.63) is 35.5 Å². The Labute approximate surface area is 129 Å². The minimum atomic E-state index is -0.988. The largest absolute Gasteiger partial charge is 0.480 e. The van der Waals surface area contributed by atoms with E-state index in [4.69, 9.17) is 0 Å². The first-order chi connectivity index (χ1) is 10.4. The average Bonchev–Trinajstić information content (AvgIpc) is 2.74. The van der Waals surface area contributed by atoms with Gasteiger partial charge in [0.1, 0.15) is 6.04 Å². The van der Waals surface area contributed by atoms with E-state index >= 15 is 0 Å². The number of fused-ring (bicyclic) bond motifs is 1. The number of aromatic amines is 1. The number of nitrogens with one attached hydrogen (secondary N) is 2. The van der Waals surface area contributed by atoms with Crippen LogP contribution in [0.4, 0.5) is 0 Å². The highest BCUT2D eigenvalue weighted by Crippen LogP contribution is 2.22. The fourth-order valence-electron chi connectivity index (χ4n) is 2.66. The highest BCUT2D eigenvalue weighted by atomic mass is 16.4. The molecule has 0 unspecified atom stereocenters. The number of aryl methyl sites for hydroxylation is 1. The molecule has 1 atom stereocenters. The number of benzene rings is 1. The van der Waals surface area contributed by atoms with E-state index in [1.165, 1.54) is 0 Å². The van der Waals surface area contributed by atoms with E-state index in [0.717, 1.165) is 22.2 Å². The van der Waals surface area contributed by atoms with E-state index in [2.05, 4.69) is 10.3 Å². The predicted molar refractivity (Wildman–Crippen MR) is 85.8 cm³/mol. The van der Waals surface area contributed by atoms with E-state index < -0.39 is 12.0 Å². The standard InChI is InChI=1S/C17H22N2O3/c1-10(2)8-15(17(21)22)19-16(20)9-13-11(3)18-14-7-5-4-6-12(13)14/h4-7,10,15,18H,8-9H2,1-3H3,(H,19,20)(H,21,22)/t15-/m1/s1. The lowest BCUT2D eigenvalue weighted by atomic mass is 10.0. The molecule has 5 heteroatoms. The lowest BCUT2D eigenvalue weighted by Crippen LogP contribution is -2.42. The average molecular weight is 302 g/mol. The molecule has 0 bridgehead atoms. The number of para-hydroxylation sites is 1. The molecule has 5 nitrogen and oxygen atoms in total. The van der Waals surface area contributed by atoms with Gasteiger partial charge in [-0.05, 0) is 30.9 Å². The molecule has 22 heavy (non-hydrogen) atoms. The molecule has 1 aromatic carbocycles. The number of aromatic nitrogens is 1. The zero-order valence-electron chi connectivity index (χ0n) is 13.1. The zero-order chi connectivity index (χ0) is 16.3. The first kappa shape index (κ1) is 16.1. The van der Waals surface area contributed by atoms with Gasteiger partial charge in [-0.25, -0.2) is 4.79 Å². The highest BCUT2D eigenvalue weighted by Gasteiger charge is 2.22. The topological polar surface area (TPSA) is 82.2 Å².